The molecule has 7 rings (SSSR count). The van der Waals surface area contributed by atoms with Crippen LogP contribution in [-0.2, 0) is 20.9 Å². The number of nitrogens with one attached hydrogen (secondary N) is 4. The second-order valence-corrected chi connectivity index (χ2v) is 12.1. The summed E-state index contributed by atoms with van der Waals surface area (Å²) in [4.78, 5) is 71.8. The minimum absolute atomic E-state index is 0.00583. The Bertz CT molecular complexity index is 1920. The van der Waals surface area contributed by atoms with Crippen LogP contribution in [0.3, 0.4) is 0 Å². The van der Waals surface area contributed by atoms with Crippen molar-refractivity contribution in [2.45, 2.75) is 37.9 Å². The molecule has 2 aromatic carbocycles. The maximum absolute atomic E-state index is 13.2. The predicted octanol–water partition coefficient (Wildman–Crippen LogP) is 2.11. The molecule has 4 aliphatic heterocycles. The van der Waals surface area contributed by atoms with Gasteiger partial charge in [-0.15, -0.1) is 0 Å². The van der Waals surface area contributed by atoms with Gasteiger partial charge in [-0.3, -0.25) is 29.5 Å². The molecule has 2 saturated heterocycles. The van der Waals surface area contributed by atoms with E-state index in [0.717, 1.165) is 34.6 Å². The number of carbonyl (C=O) groups is 4. The first-order valence-corrected chi connectivity index (χ1v) is 16.1. The lowest BCUT2D eigenvalue weighted by Gasteiger charge is -2.29. The molecule has 250 valence electrons. The summed E-state index contributed by atoms with van der Waals surface area (Å²) in [5, 5.41) is 11.9. The molecule has 2 atom stereocenters. The molecule has 15 heteroatoms. The fraction of sp³-hybridized carbons (Fsp3) is 0.294. The Hall–Kier alpha value is -6.12. The number of amides is 4. The number of fused-ring (bicyclic) bond motifs is 2. The Labute approximate surface area is 281 Å². The minimum Gasteiger partial charge on any atom is -0.404 e. The van der Waals surface area contributed by atoms with E-state index in [2.05, 4.69) is 31.2 Å². The predicted molar refractivity (Wildman–Crippen MR) is 184 cm³/mol. The van der Waals surface area contributed by atoms with Crippen molar-refractivity contribution in [3.8, 4) is 0 Å². The number of nitrogens with two attached hydrogens (primary N) is 1. The molecule has 0 saturated carbocycles. The molecule has 1 aromatic heterocycles. The lowest BCUT2D eigenvalue weighted by Crippen LogP contribution is -2.52. The quantitative estimate of drug-likeness (QED) is 0.167. The van der Waals surface area contributed by atoms with Crippen molar-refractivity contribution in [1.29, 1.82) is 0 Å². The van der Waals surface area contributed by atoms with E-state index in [4.69, 9.17) is 15.7 Å². The summed E-state index contributed by atoms with van der Waals surface area (Å²) < 4.78 is 0. The average Bonchev–Trinajstić information content (AvgIpc) is 3.73. The van der Waals surface area contributed by atoms with E-state index in [0.29, 0.717) is 36.7 Å². The molecule has 6 N–H and O–H groups in total. The minimum atomic E-state index is -0.705. The van der Waals surface area contributed by atoms with Gasteiger partial charge >= 0.3 is 0 Å². The van der Waals surface area contributed by atoms with E-state index in [1.165, 1.54) is 11.1 Å². The highest BCUT2D eigenvalue weighted by Crippen LogP contribution is 2.33. The zero-order valence-corrected chi connectivity index (χ0v) is 26.6. The molecule has 15 nitrogen and oxygen atoms in total. The van der Waals surface area contributed by atoms with Crippen molar-refractivity contribution in [2.75, 3.05) is 42.1 Å². The average molecular weight is 662 g/mol. The molecule has 0 spiro atoms. The van der Waals surface area contributed by atoms with E-state index < -0.39 is 11.9 Å². The molecule has 0 bridgehead atoms. The third-order valence-electron chi connectivity index (χ3n) is 8.96. The third-order valence-corrected chi connectivity index (χ3v) is 8.96. The number of aromatic nitrogens is 2. The van der Waals surface area contributed by atoms with Gasteiger partial charge in [-0.05, 0) is 43.2 Å². The fourth-order valence-electron chi connectivity index (χ4n) is 6.36. The van der Waals surface area contributed by atoms with Gasteiger partial charge in [0, 0.05) is 67.1 Å². The summed E-state index contributed by atoms with van der Waals surface area (Å²) in [5.74, 6) is -0.419. The van der Waals surface area contributed by atoms with Gasteiger partial charge in [-0.25, -0.2) is 9.98 Å². The van der Waals surface area contributed by atoms with E-state index >= 15 is 0 Å². The largest absolute Gasteiger partial charge is 0.404 e. The van der Waals surface area contributed by atoms with Crippen LogP contribution >= 0.6 is 0 Å². The zero-order chi connectivity index (χ0) is 33.9. The van der Waals surface area contributed by atoms with Gasteiger partial charge in [-0.2, -0.15) is 4.98 Å². The van der Waals surface area contributed by atoms with Crippen molar-refractivity contribution in [2.24, 2.45) is 15.7 Å². The van der Waals surface area contributed by atoms with Crippen LogP contribution in [0.1, 0.15) is 35.2 Å². The summed E-state index contributed by atoms with van der Waals surface area (Å²) in [6.07, 6.45) is 6.01. The second kappa shape index (κ2) is 13.5. The van der Waals surface area contributed by atoms with E-state index in [-0.39, 0.29) is 55.6 Å². The number of piperidine rings is 1. The first-order chi connectivity index (χ1) is 23.9. The van der Waals surface area contributed by atoms with Crippen molar-refractivity contribution in [3.63, 3.8) is 0 Å². The molecule has 2 fully saturated rings. The van der Waals surface area contributed by atoms with Crippen LogP contribution in [0.5, 0.6) is 0 Å². The number of carbonyl (C=O) groups excluding carboxylic acids is 4. The summed E-state index contributed by atoms with van der Waals surface area (Å²) >= 11 is 0. The molecule has 0 radical (unpaired) electrons. The van der Waals surface area contributed by atoms with Crippen LogP contribution in [0, 0.1) is 0 Å². The molecular formula is C34H35N11O4. The monoisotopic (exact) mass is 661 g/mol. The lowest BCUT2D eigenvalue weighted by atomic mass is 10.0. The normalized spacial score (nSPS) is 20.4. The topological polar surface area (TPSA) is 199 Å². The smallest absolute Gasteiger partial charge is 0.255 e. The third kappa shape index (κ3) is 6.68. The zero-order valence-electron chi connectivity index (χ0n) is 26.6. The first-order valence-electron chi connectivity index (χ1n) is 16.1. The Kier molecular flexibility index (Phi) is 8.70. The second-order valence-electron chi connectivity index (χ2n) is 12.1. The van der Waals surface area contributed by atoms with Crippen molar-refractivity contribution >= 4 is 64.4 Å². The Morgan fingerprint density at radius 3 is 2.84 bits per heavy atom. The highest BCUT2D eigenvalue weighted by atomic mass is 16.2. The van der Waals surface area contributed by atoms with Crippen LogP contribution in [0.4, 0.5) is 28.8 Å². The standard InChI is InChI=1S/C34H35N11O4/c35-14-20(27-16-38-25-5-1-2-6-26(25)40-27)15-37-21-11-13-44(18-21)31(47)17-39-34-36-12-10-29(42-34)41-24-7-3-4-22-23(24)19-45(33(22)49)28-8-9-30(46)43-32(28)48/h1-7,10,12,14-15,21,28,38H,8-9,11,13,16-19,35H2,(H,43,46,48)(H2,36,39,41,42). The van der Waals surface area contributed by atoms with Crippen LogP contribution in [-0.4, -0.2) is 93.6 Å². The highest BCUT2D eigenvalue weighted by molar-refractivity contribution is 6.19. The molecule has 3 aromatic rings. The lowest BCUT2D eigenvalue weighted by molar-refractivity contribution is -0.137. The number of likely N-dealkylation sites (tertiary alicyclic amines) is 1. The van der Waals surface area contributed by atoms with E-state index in [9.17, 15) is 19.2 Å². The number of aliphatic imine (C=N–C) groups is 2. The number of nitrogens with zero attached hydrogens (tertiary/aromatic N) is 6. The molecule has 0 aliphatic carbocycles. The van der Waals surface area contributed by atoms with Crippen molar-refractivity contribution in [1.82, 2.24) is 25.1 Å². The van der Waals surface area contributed by atoms with Gasteiger partial charge in [0.1, 0.15) is 11.9 Å². The number of rotatable bonds is 9. The van der Waals surface area contributed by atoms with Crippen LogP contribution in [0.15, 0.2) is 76.5 Å². The van der Waals surface area contributed by atoms with Gasteiger partial charge < -0.3 is 31.5 Å². The van der Waals surface area contributed by atoms with Gasteiger partial charge in [0.25, 0.3) is 5.91 Å². The SMILES string of the molecule is NC=C(C=NC1CCN(C(=O)CNc2nccc(Nc3cccc4c3CN(C3CCC(=O)NC3=O)C4=O)n2)C1)C1=Nc2ccccc2NC1. The maximum Gasteiger partial charge on any atom is 0.255 e. The summed E-state index contributed by atoms with van der Waals surface area (Å²) in [7, 11) is 0. The maximum atomic E-state index is 13.2. The number of para-hydroxylation sites is 2. The molecule has 5 heterocycles. The van der Waals surface area contributed by atoms with Crippen LogP contribution < -0.4 is 27.0 Å². The number of hydrogen-bond donors (Lipinski definition) is 5. The molecule has 2 unspecified atom stereocenters. The number of imide groups is 1. The molecule has 4 aliphatic rings. The van der Waals surface area contributed by atoms with Gasteiger partial charge in [0.15, 0.2) is 0 Å². The summed E-state index contributed by atoms with van der Waals surface area (Å²) in [6.45, 7) is 1.84. The van der Waals surface area contributed by atoms with E-state index in [1.807, 2.05) is 30.3 Å². The summed E-state index contributed by atoms with van der Waals surface area (Å²) in [5.41, 5.74) is 11.2. The Balaban J connectivity index is 0.931. The summed E-state index contributed by atoms with van der Waals surface area (Å²) in [6, 6.07) is 14.0. The molecule has 49 heavy (non-hydrogen) atoms. The van der Waals surface area contributed by atoms with Crippen LogP contribution in [0.2, 0.25) is 0 Å². The van der Waals surface area contributed by atoms with Gasteiger partial charge in [-0.1, -0.05) is 18.2 Å². The van der Waals surface area contributed by atoms with Crippen molar-refractivity contribution < 1.29 is 19.2 Å². The molecule has 4 amide bonds. The number of anilines is 4. The number of benzene rings is 2. The van der Waals surface area contributed by atoms with Gasteiger partial charge in [0.05, 0.1) is 36.2 Å². The van der Waals surface area contributed by atoms with E-state index in [1.54, 1.807) is 35.5 Å². The first kappa shape index (κ1) is 31.5. The highest BCUT2D eigenvalue weighted by Gasteiger charge is 2.40. The fourth-order valence-corrected chi connectivity index (χ4v) is 6.36. The van der Waals surface area contributed by atoms with Gasteiger partial charge in [0.2, 0.25) is 23.7 Å². The van der Waals surface area contributed by atoms with Crippen LogP contribution in [0.25, 0.3) is 0 Å². The Morgan fingerprint density at radius 2 is 1.98 bits per heavy atom. The molecular weight excluding hydrogens is 626 g/mol. The van der Waals surface area contributed by atoms with Crippen molar-refractivity contribution in [3.05, 3.63) is 77.6 Å². The Morgan fingerprint density at radius 1 is 1.10 bits per heavy atom. The number of hydrogen-bond acceptors (Lipinski definition) is 12.